The van der Waals surface area contributed by atoms with Crippen LogP contribution in [0, 0.1) is 0 Å². The van der Waals surface area contributed by atoms with E-state index in [-0.39, 0.29) is 10.9 Å². The molecule has 5 nitrogen and oxygen atoms in total. The Morgan fingerprint density at radius 2 is 1.89 bits per heavy atom. The molecular weight excluding hydrogens is 266 g/mol. The molecule has 3 rings (SSSR count). The van der Waals surface area contributed by atoms with Crippen LogP contribution in [0.2, 0.25) is 0 Å². The van der Waals surface area contributed by atoms with Gasteiger partial charge < -0.3 is 9.47 Å². The number of ether oxygens (including phenoxy) is 2. The Labute approximate surface area is 113 Å². The quantitative estimate of drug-likeness (QED) is 0.843. The van der Waals surface area contributed by atoms with E-state index in [1.807, 2.05) is 6.92 Å². The van der Waals surface area contributed by atoms with Crippen LogP contribution in [0.1, 0.15) is 19.8 Å². The zero-order valence-electron chi connectivity index (χ0n) is 10.8. The summed E-state index contributed by atoms with van der Waals surface area (Å²) in [6, 6.07) is 4.99. The van der Waals surface area contributed by atoms with E-state index >= 15 is 0 Å². The van der Waals surface area contributed by atoms with Crippen molar-refractivity contribution in [3.8, 4) is 11.5 Å². The van der Waals surface area contributed by atoms with E-state index in [1.165, 1.54) is 0 Å². The van der Waals surface area contributed by atoms with Crippen LogP contribution in [0.15, 0.2) is 23.1 Å². The Balaban J connectivity index is 1.96. The van der Waals surface area contributed by atoms with Crippen LogP contribution in [0.3, 0.4) is 0 Å². The molecule has 1 aromatic carbocycles. The van der Waals surface area contributed by atoms with Crippen LogP contribution in [-0.2, 0) is 10.0 Å². The molecule has 0 saturated heterocycles. The maximum Gasteiger partial charge on any atom is 0.243 e. The zero-order chi connectivity index (χ0) is 13.5. The van der Waals surface area contributed by atoms with E-state index in [9.17, 15) is 8.42 Å². The van der Waals surface area contributed by atoms with E-state index < -0.39 is 10.0 Å². The maximum atomic E-state index is 12.6. The highest BCUT2D eigenvalue weighted by molar-refractivity contribution is 7.89. The molecule has 19 heavy (non-hydrogen) atoms. The second-order valence-corrected chi connectivity index (χ2v) is 6.64. The van der Waals surface area contributed by atoms with Crippen molar-refractivity contribution in [2.75, 3.05) is 19.8 Å². The van der Waals surface area contributed by atoms with Crippen LogP contribution < -0.4 is 9.47 Å². The summed E-state index contributed by atoms with van der Waals surface area (Å²) in [7, 11) is -3.42. The number of rotatable bonds is 4. The summed E-state index contributed by atoms with van der Waals surface area (Å²) < 4.78 is 37.5. The standard InChI is InChI=1S/C13H17NO4S/c1-2-14(10-3-4-10)19(15,16)11-5-6-12-13(9-11)18-8-7-17-12/h5-6,9-10H,2-4,7-8H2,1H3. The summed E-state index contributed by atoms with van der Waals surface area (Å²) in [6.45, 7) is 3.33. The number of fused-ring (bicyclic) bond motifs is 1. The van der Waals surface area contributed by atoms with Crippen molar-refractivity contribution in [1.82, 2.24) is 4.31 Å². The van der Waals surface area contributed by atoms with Gasteiger partial charge in [0.25, 0.3) is 0 Å². The fraction of sp³-hybridized carbons (Fsp3) is 0.538. The zero-order valence-corrected chi connectivity index (χ0v) is 11.6. The van der Waals surface area contributed by atoms with Gasteiger partial charge in [0.15, 0.2) is 11.5 Å². The highest BCUT2D eigenvalue weighted by Crippen LogP contribution is 2.36. The minimum absolute atomic E-state index is 0.170. The molecule has 1 saturated carbocycles. The largest absolute Gasteiger partial charge is 0.486 e. The highest BCUT2D eigenvalue weighted by Gasteiger charge is 2.37. The summed E-state index contributed by atoms with van der Waals surface area (Å²) >= 11 is 0. The Kier molecular flexibility index (Phi) is 3.14. The lowest BCUT2D eigenvalue weighted by atomic mass is 10.3. The minimum atomic E-state index is -3.42. The molecule has 0 atom stereocenters. The van der Waals surface area contributed by atoms with Gasteiger partial charge in [-0.15, -0.1) is 0 Å². The first-order valence-electron chi connectivity index (χ1n) is 6.54. The lowest BCUT2D eigenvalue weighted by Crippen LogP contribution is -2.33. The number of benzene rings is 1. The van der Waals surface area contributed by atoms with Crippen molar-refractivity contribution in [2.45, 2.75) is 30.7 Å². The van der Waals surface area contributed by atoms with Crippen LogP contribution in [0.25, 0.3) is 0 Å². The molecule has 6 heteroatoms. The Morgan fingerprint density at radius 3 is 2.53 bits per heavy atom. The molecule has 104 valence electrons. The van der Waals surface area contributed by atoms with Crippen molar-refractivity contribution in [1.29, 1.82) is 0 Å². The van der Waals surface area contributed by atoms with Gasteiger partial charge in [-0.3, -0.25) is 0 Å². The first-order chi connectivity index (χ1) is 9.13. The second-order valence-electron chi connectivity index (χ2n) is 4.75. The average molecular weight is 283 g/mol. The van der Waals surface area contributed by atoms with Gasteiger partial charge in [-0.05, 0) is 25.0 Å². The normalized spacial score (nSPS) is 18.6. The first kappa shape index (κ1) is 12.7. The molecular formula is C13H17NO4S. The lowest BCUT2D eigenvalue weighted by Gasteiger charge is -2.22. The maximum absolute atomic E-state index is 12.6. The van der Waals surface area contributed by atoms with E-state index in [0.717, 1.165) is 12.8 Å². The van der Waals surface area contributed by atoms with Crippen molar-refractivity contribution in [3.05, 3.63) is 18.2 Å². The third kappa shape index (κ3) is 2.30. The molecule has 0 bridgehead atoms. The molecule has 0 unspecified atom stereocenters. The molecule has 0 spiro atoms. The van der Waals surface area contributed by atoms with Crippen molar-refractivity contribution in [2.24, 2.45) is 0 Å². The van der Waals surface area contributed by atoms with E-state index in [4.69, 9.17) is 9.47 Å². The fourth-order valence-corrected chi connectivity index (χ4v) is 4.02. The molecule has 0 N–H and O–H groups in total. The van der Waals surface area contributed by atoms with E-state index in [0.29, 0.717) is 31.3 Å². The topological polar surface area (TPSA) is 55.8 Å². The SMILES string of the molecule is CCN(C1CC1)S(=O)(=O)c1ccc2c(c1)OCCO2. The first-order valence-corrected chi connectivity index (χ1v) is 7.98. The minimum Gasteiger partial charge on any atom is -0.486 e. The Bertz CT molecular complexity index is 580. The van der Waals surface area contributed by atoms with Crippen molar-refractivity contribution < 1.29 is 17.9 Å². The average Bonchev–Trinajstić information content (AvgIpc) is 3.23. The summed E-state index contributed by atoms with van der Waals surface area (Å²) in [5.41, 5.74) is 0. The fourth-order valence-electron chi connectivity index (χ4n) is 2.31. The predicted octanol–water partition coefficient (Wildman–Crippen LogP) is 1.63. The molecule has 1 aromatic rings. The number of sulfonamides is 1. The van der Waals surface area contributed by atoms with Crippen molar-refractivity contribution in [3.63, 3.8) is 0 Å². The predicted molar refractivity (Wildman–Crippen MR) is 70.0 cm³/mol. The second kappa shape index (κ2) is 4.68. The lowest BCUT2D eigenvalue weighted by molar-refractivity contribution is 0.171. The Hall–Kier alpha value is -1.27. The third-order valence-corrected chi connectivity index (χ3v) is 5.41. The van der Waals surface area contributed by atoms with Crippen LogP contribution in [-0.4, -0.2) is 38.5 Å². The summed E-state index contributed by atoms with van der Waals surface area (Å²) in [6.07, 6.45) is 1.91. The Morgan fingerprint density at radius 1 is 1.21 bits per heavy atom. The molecule has 1 heterocycles. The molecule has 1 fully saturated rings. The number of hydrogen-bond donors (Lipinski definition) is 0. The summed E-state index contributed by atoms with van der Waals surface area (Å²) in [5, 5.41) is 0. The monoisotopic (exact) mass is 283 g/mol. The van der Waals surface area contributed by atoms with Crippen LogP contribution in [0.5, 0.6) is 11.5 Å². The molecule has 0 radical (unpaired) electrons. The van der Waals surface area contributed by atoms with Gasteiger partial charge >= 0.3 is 0 Å². The van der Waals surface area contributed by atoms with E-state index in [1.54, 1.807) is 22.5 Å². The number of hydrogen-bond acceptors (Lipinski definition) is 4. The molecule has 2 aliphatic rings. The molecule has 1 aliphatic carbocycles. The van der Waals surface area contributed by atoms with Gasteiger partial charge in [-0.1, -0.05) is 6.92 Å². The van der Waals surface area contributed by atoms with E-state index in [2.05, 4.69) is 0 Å². The van der Waals surface area contributed by atoms with Gasteiger partial charge in [0.05, 0.1) is 4.90 Å². The van der Waals surface area contributed by atoms with Gasteiger partial charge in [-0.25, -0.2) is 8.42 Å². The summed E-state index contributed by atoms with van der Waals surface area (Å²) in [4.78, 5) is 0.283. The highest BCUT2D eigenvalue weighted by atomic mass is 32.2. The third-order valence-electron chi connectivity index (χ3n) is 3.39. The van der Waals surface area contributed by atoms with Gasteiger partial charge in [-0.2, -0.15) is 4.31 Å². The van der Waals surface area contributed by atoms with Crippen LogP contribution in [0.4, 0.5) is 0 Å². The smallest absolute Gasteiger partial charge is 0.243 e. The van der Waals surface area contributed by atoms with Gasteiger partial charge in [0, 0.05) is 18.7 Å². The molecule has 0 aromatic heterocycles. The number of nitrogens with zero attached hydrogens (tertiary/aromatic N) is 1. The van der Waals surface area contributed by atoms with Crippen LogP contribution >= 0.6 is 0 Å². The summed E-state index contributed by atoms with van der Waals surface area (Å²) in [5.74, 6) is 1.12. The van der Waals surface area contributed by atoms with Crippen molar-refractivity contribution >= 4 is 10.0 Å². The molecule has 0 amide bonds. The molecule has 1 aliphatic heterocycles. The van der Waals surface area contributed by atoms with Gasteiger partial charge in [0.1, 0.15) is 13.2 Å². The van der Waals surface area contributed by atoms with Gasteiger partial charge in [0.2, 0.25) is 10.0 Å².